The molecule has 74 valence electrons. The number of imidazole rings is 1. The van der Waals surface area contributed by atoms with Crippen LogP contribution in [0.1, 0.15) is 5.82 Å². The molecule has 2 heterocycles. The Kier molecular flexibility index (Phi) is 2.39. The number of aryl methyl sites for hydroxylation is 1. The second-order valence-corrected chi connectivity index (χ2v) is 2.87. The van der Waals surface area contributed by atoms with Crippen LogP contribution in [-0.2, 0) is 13.5 Å². The lowest BCUT2D eigenvalue weighted by Crippen LogP contribution is -2.09. The maximum Gasteiger partial charge on any atom is 0.202 e. The monoisotopic (exact) mass is 193 g/mol. The summed E-state index contributed by atoms with van der Waals surface area (Å²) < 4.78 is 1.91. The van der Waals surface area contributed by atoms with Crippen molar-refractivity contribution in [3.8, 4) is 0 Å². The Balaban J connectivity index is 1.81. The highest BCUT2D eigenvalue weighted by atomic mass is 15.5. The molecule has 0 saturated heterocycles. The van der Waals surface area contributed by atoms with Crippen molar-refractivity contribution >= 4 is 5.95 Å². The van der Waals surface area contributed by atoms with Gasteiger partial charge in [0.2, 0.25) is 5.95 Å². The molecule has 14 heavy (non-hydrogen) atoms. The van der Waals surface area contributed by atoms with Gasteiger partial charge in [-0.1, -0.05) is 5.21 Å². The second-order valence-electron chi connectivity index (χ2n) is 2.87. The molecule has 2 rings (SSSR count). The van der Waals surface area contributed by atoms with Gasteiger partial charge in [0, 0.05) is 32.4 Å². The third-order valence-corrected chi connectivity index (χ3v) is 1.84. The zero-order valence-corrected chi connectivity index (χ0v) is 7.80. The van der Waals surface area contributed by atoms with Gasteiger partial charge < -0.3 is 9.88 Å². The average Bonchev–Trinajstić information content (AvgIpc) is 2.78. The number of H-pyrrole nitrogens is 1. The van der Waals surface area contributed by atoms with Crippen molar-refractivity contribution in [2.24, 2.45) is 7.05 Å². The number of aromatic amines is 1. The van der Waals surface area contributed by atoms with Crippen LogP contribution in [0, 0.1) is 0 Å². The maximum absolute atomic E-state index is 4.12. The van der Waals surface area contributed by atoms with Crippen molar-refractivity contribution in [3.63, 3.8) is 0 Å². The molecule has 2 aromatic rings. The van der Waals surface area contributed by atoms with Crippen molar-refractivity contribution in [2.45, 2.75) is 6.42 Å². The van der Waals surface area contributed by atoms with Gasteiger partial charge in [-0.3, -0.25) is 0 Å². The first-order chi connectivity index (χ1) is 6.86. The SMILES string of the molecule is Cn1ccnc1NCCc1nn[nH]n1. The highest BCUT2D eigenvalue weighted by Crippen LogP contribution is 2.00. The molecule has 0 fully saturated rings. The Labute approximate surface area is 80.5 Å². The molecule has 0 atom stereocenters. The Morgan fingerprint density at radius 3 is 3.14 bits per heavy atom. The Hall–Kier alpha value is -1.92. The molecule has 0 spiro atoms. The largest absolute Gasteiger partial charge is 0.355 e. The highest BCUT2D eigenvalue weighted by Gasteiger charge is 1.99. The lowest BCUT2D eigenvalue weighted by Gasteiger charge is -2.03. The average molecular weight is 193 g/mol. The van der Waals surface area contributed by atoms with E-state index in [-0.39, 0.29) is 0 Å². The summed E-state index contributed by atoms with van der Waals surface area (Å²) in [5.41, 5.74) is 0. The van der Waals surface area contributed by atoms with Crippen LogP contribution in [0.3, 0.4) is 0 Å². The predicted octanol–water partition coefficient (Wildman–Crippen LogP) is -0.412. The molecule has 2 N–H and O–H groups in total. The van der Waals surface area contributed by atoms with Crippen molar-refractivity contribution in [2.75, 3.05) is 11.9 Å². The number of hydrogen-bond donors (Lipinski definition) is 2. The molecule has 0 saturated carbocycles. The summed E-state index contributed by atoms with van der Waals surface area (Å²) in [4.78, 5) is 4.12. The van der Waals surface area contributed by atoms with E-state index in [2.05, 4.69) is 30.9 Å². The minimum atomic E-state index is 0.701. The van der Waals surface area contributed by atoms with Gasteiger partial charge in [-0.2, -0.15) is 5.21 Å². The molecule has 2 aromatic heterocycles. The number of nitrogens with zero attached hydrogens (tertiary/aromatic N) is 5. The van der Waals surface area contributed by atoms with Crippen LogP contribution >= 0.6 is 0 Å². The molecule has 0 aromatic carbocycles. The molecular formula is C7H11N7. The Bertz CT molecular complexity index is 376. The standard InChI is InChI=1S/C7H11N7/c1-14-5-4-9-7(14)8-3-2-6-10-12-13-11-6/h4-5H,2-3H2,1H3,(H,8,9)(H,10,11,12,13). The van der Waals surface area contributed by atoms with Gasteiger partial charge in [0.05, 0.1) is 0 Å². The molecule has 0 aliphatic carbocycles. The molecule has 0 amide bonds. The molecule has 7 heteroatoms. The summed E-state index contributed by atoms with van der Waals surface area (Å²) in [5.74, 6) is 1.54. The number of anilines is 1. The minimum Gasteiger partial charge on any atom is -0.355 e. The van der Waals surface area contributed by atoms with Gasteiger partial charge in [0.25, 0.3) is 0 Å². The molecule has 0 bridgehead atoms. The van der Waals surface area contributed by atoms with E-state index in [1.165, 1.54) is 0 Å². The first-order valence-electron chi connectivity index (χ1n) is 4.30. The van der Waals surface area contributed by atoms with E-state index >= 15 is 0 Å². The topological polar surface area (TPSA) is 84.3 Å². The molecule has 0 unspecified atom stereocenters. The van der Waals surface area contributed by atoms with Gasteiger partial charge in [-0.25, -0.2) is 4.98 Å². The van der Waals surface area contributed by atoms with Gasteiger partial charge in [-0.05, 0) is 0 Å². The Morgan fingerprint density at radius 1 is 1.57 bits per heavy atom. The minimum absolute atomic E-state index is 0.701. The third-order valence-electron chi connectivity index (χ3n) is 1.84. The van der Waals surface area contributed by atoms with Crippen LogP contribution in [-0.4, -0.2) is 36.7 Å². The van der Waals surface area contributed by atoms with E-state index in [1.807, 2.05) is 17.8 Å². The number of nitrogens with one attached hydrogen (secondary N) is 2. The molecule has 0 aliphatic heterocycles. The molecule has 0 radical (unpaired) electrons. The Morgan fingerprint density at radius 2 is 2.50 bits per heavy atom. The fourth-order valence-electron chi connectivity index (χ4n) is 1.11. The number of tetrazole rings is 1. The number of aromatic nitrogens is 6. The third kappa shape index (κ3) is 1.87. The van der Waals surface area contributed by atoms with Crippen molar-refractivity contribution in [3.05, 3.63) is 18.2 Å². The summed E-state index contributed by atoms with van der Waals surface area (Å²) in [6, 6.07) is 0. The van der Waals surface area contributed by atoms with Gasteiger partial charge in [0.15, 0.2) is 5.82 Å². The van der Waals surface area contributed by atoms with Crippen LogP contribution < -0.4 is 5.32 Å². The molecular weight excluding hydrogens is 182 g/mol. The van der Waals surface area contributed by atoms with E-state index in [9.17, 15) is 0 Å². The van der Waals surface area contributed by atoms with Crippen LogP contribution in [0.4, 0.5) is 5.95 Å². The van der Waals surface area contributed by atoms with Crippen LogP contribution in [0.15, 0.2) is 12.4 Å². The van der Waals surface area contributed by atoms with E-state index < -0.39 is 0 Å². The maximum atomic E-state index is 4.12. The van der Waals surface area contributed by atoms with Crippen molar-refractivity contribution in [1.29, 1.82) is 0 Å². The molecule has 0 aliphatic rings. The van der Waals surface area contributed by atoms with Crippen molar-refractivity contribution < 1.29 is 0 Å². The fourth-order valence-corrected chi connectivity index (χ4v) is 1.11. The smallest absolute Gasteiger partial charge is 0.202 e. The highest BCUT2D eigenvalue weighted by molar-refractivity contribution is 5.25. The normalized spacial score (nSPS) is 10.4. The van der Waals surface area contributed by atoms with E-state index in [1.54, 1.807) is 6.20 Å². The van der Waals surface area contributed by atoms with E-state index in [0.29, 0.717) is 5.82 Å². The van der Waals surface area contributed by atoms with Gasteiger partial charge in [-0.15, -0.1) is 10.2 Å². The van der Waals surface area contributed by atoms with E-state index in [0.717, 1.165) is 18.9 Å². The van der Waals surface area contributed by atoms with E-state index in [4.69, 9.17) is 0 Å². The summed E-state index contributed by atoms with van der Waals surface area (Å²) in [6.07, 6.45) is 4.36. The van der Waals surface area contributed by atoms with Gasteiger partial charge >= 0.3 is 0 Å². The zero-order valence-electron chi connectivity index (χ0n) is 7.80. The number of hydrogen-bond acceptors (Lipinski definition) is 5. The van der Waals surface area contributed by atoms with Crippen LogP contribution in [0.2, 0.25) is 0 Å². The summed E-state index contributed by atoms with van der Waals surface area (Å²) >= 11 is 0. The fraction of sp³-hybridized carbons (Fsp3) is 0.429. The summed E-state index contributed by atoms with van der Waals surface area (Å²) in [5, 5.41) is 16.7. The van der Waals surface area contributed by atoms with Crippen LogP contribution in [0.25, 0.3) is 0 Å². The summed E-state index contributed by atoms with van der Waals surface area (Å²) in [6.45, 7) is 0.740. The van der Waals surface area contributed by atoms with Gasteiger partial charge in [0.1, 0.15) is 0 Å². The first kappa shape index (κ1) is 8.67. The quantitative estimate of drug-likeness (QED) is 0.689. The van der Waals surface area contributed by atoms with Crippen LogP contribution in [0.5, 0.6) is 0 Å². The zero-order chi connectivity index (χ0) is 9.80. The summed E-state index contributed by atoms with van der Waals surface area (Å²) in [7, 11) is 1.93. The predicted molar refractivity (Wildman–Crippen MR) is 49.6 cm³/mol. The molecule has 7 nitrogen and oxygen atoms in total. The lowest BCUT2D eigenvalue weighted by atomic mass is 10.4. The van der Waals surface area contributed by atoms with Crippen molar-refractivity contribution in [1.82, 2.24) is 30.2 Å². The first-order valence-corrected chi connectivity index (χ1v) is 4.30. The second kappa shape index (κ2) is 3.86. The number of rotatable bonds is 4. The lowest BCUT2D eigenvalue weighted by molar-refractivity contribution is 0.860.